The molecule has 1 unspecified atom stereocenters. The van der Waals surface area contributed by atoms with Crippen LogP contribution in [0.1, 0.15) is 75.2 Å². The molecule has 2 saturated heterocycles. The minimum Gasteiger partial charge on any atom is -0.381 e. The molecule has 3 fully saturated rings. The summed E-state index contributed by atoms with van der Waals surface area (Å²) in [7, 11) is 0. The van der Waals surface area contributed by atoms with Gasteiger partial charge in [0.05, 0.1) is 0 Å². The summed E-state index contributed by atoms with van der Waals surface area (Å²) in [6.07, 6.45) is 12.5. The predicted octanol–water partition coefficient (Wildman–Crippen LogP) is 3.90. The molecule has 27 heavy (non-hydrogen) atoms. The minimum absolute atomic E-state index is 0.297. The highest BCUT2D eigenvalue weighted by atomic mass is 16.5. The average molecular weight is 374 g/mol. The highest BCUT2D eigenvalue weighted by Gasteiger charge is 2.31. The molecule has 0 spiro atoms. The quantitative estimate of drug-likeness (QED) is 0.804. The van der Waals surface area contributed by atoms with Gasteiger partial charge in [-0.3, -0.25) is 4.79 Å². The van der Waals surface area contributed by atoms with Crippen LogP contribution < -0.4 is 0 Å². The molecule has 1 saturated carbocycles. The van der Waals surface area contributed by atoms with Crippen LogP contribution in [0.25, 0.3) is 0 Å². The van der Waals surface area contributed by atoms with Gasteiger partial charge in [0.1, 0.15) is 5.82 Å². The van der Waals surface area contributed by atoms with Crippen LogP contribution in [0.2, 0.25) is 0 Å². The first-order chi connectivity index (χ1) is 13.2. The molecule has 0 N–H and O–H groups in total. The van der Waals surface area contributed by atoms with E-state index in [1.54, 1.807) is 0 Å². The topological polar surface area (TPSA) is 47.4 Å². The largest absolute Gasteiger partial charge is 0.381 e. The maximum absolute atomic E-state index is 13.0. The molecule has 1 atom stereocenters. The molecule has 1 aromatic heterocycles. The number of rotatable bonds is 4. The van der Waals surface area contributed by atoms with E-state index in [-0.39, 0.29) is 0 Å². The number of hydrogen-bond acceptors (Lipinski definition) is 3. The second kappa shape index (κ2) is 8.76. The van der Waals surface area contributed by atoms with Gasteiger partial charge >= 0.3 is 0 Å². The molecular weight excluding hydrogens is 338 g/mol. The van der Waals surface area contributed by atoms with Crippen molar-refractivity contribution in [2.75, 3.05) is 26.3 Å². The zero-order chi connectivity index (χ0) is 18.6. The zero-order valence-electron chi connectivity index (χ0n) is 16.9. The Hall–Kier alpha value is -1.36. The van der Waals surface area contributed by atoms with Gasteiger partial charge in [0, 0.05) is 56.6 Å². The van der Waals surface area contributed by atoms with Gasteiger partial charge in [-0.05, 0) is 51.4 Å². The number of piperidine rings is 1. The van der Waals surface area contributed by atoms with Crippen molar-refractivity contribution in [1.82, 2.24) is 14.5 Å². The molecule has 1 aromatic rings. The summed E-state index contributed by atoms with van der Waals surface area (Å²) in [4.78, 5) is 19.9. The average Bonchev–Trinajstić information content (AvgIpc) is 3.09. The van der Waals surface area contributed by atoms with Gasteiger partial charge in [-0.2, -0.15) is 0 Å². The fraction of sp³-hybridized carbons (Fsp3) is 0.818. The lowest BCUT2D eigenvalue weighted by atomic mass is 9.87. The lowest BCUT2D eigenvalue weighted by molar-refractivity contribution is -0.138. The van der Waals surface area contributed by atoms with E-state index in [1.165, 1.54) is 37.2 Å². The van der Waals surface area contributed by atoms with Gasteiger partial charge in [-0.1, -0.05) is 19.3 Å². The molecule has 0 bridgehead atoms. The molecule has 1 aliphatic carbocycles. The molecule has 5 heteroatoms. The van der Waals surface area contributed by atoms with Gasteiger partial charge in [0.15, 0.2) is 0 Å². The molecule has 3 aliphatic rings. The number of nitrogens with zero attached hydrogens (tertiary/aromatic N) is 3. The molecule has 0 radical (unpaired) electrons. The van der Waals surface area contributed by atoms with E-state index in [2.05, 4.69) is 16.4 Å². The van der Waals surface area contributed by atoms with Crippen LogP contribution in [-0.2, 0) is 16.1 Å². The van der Waals surface area contributed by atoms with Crippen molar-refractivity contribution in [3.63, 3.8) is 0 Å². The van der Waals surface area contributed by atoms with E-state index in [0.29, 0.717) is 23.7 Å². The maximum Gasteiger partial charge on any atom is 0.225 e. The summed E-state index contributed by atoms with van der Waals surface area (Å²) in [6.45, 7) is 6.77. The lowest BCUT2D eigenvalue weighted by Gasteiger charge is -2.36. The first-order valence-electron chi connectivity index (χ1n) is 11.1. The summed E-state index contributed by atoms with van der Waals surface area (Å²) in [5, 5.41) is 0. The van der Waals surface area contributed by atoms with Crippen molar-refractivity contribution in [3.8, 4) is 0 Å². The van der Waals surface area contributed by atoms with Gasteiger partial charge in [0.25, 0.3) is 0 Å². The molecule has 150 valence electrons. The monoisotopic (exact) mass is 373 g/mol. The number of amides is 1. The lowest BCUT2D eigenvalue weighted by Crippen LogP contribution is -2.44. The molecule has 1 amide bonds. The molecule has 5 nitrogen and oxygen atoms in total. The summed E-state index contributed by atoms with van der Waals surface area (Å²) in [5.74, 6) is 3.05. The molecule has 4 rings (SSSR count). The normalized spacial score (nSPS) is 25.7. The van der Waals surface area contributed by atoms with E-state index in [9.17, 15) is 4.79 Å². The van der Waals surface area contributed by atoms with Crippen LogP contribution >= 0.6 is 0 Å². The highest BCUT2D eigenvalue weighted by molar-refractivity contribution is 5.79. The van der Waals surface area contributed by atoms with Crippen LogP contribution in [0.3, 0.4) is 0 Å². The maximum atomic E-state index is 13.0. The number of ether oxygens (including phenoxy) is 1. The Morgan fingerprint density at radius 2 is 1.89 bits per heavy atom. The van der Waals surface area contributed by atoms with E-state index in [1.807, 2.05) is 6.20 Å². The van der Waals surface area contributed by atoms with Crippen molar-refractivity contribution in [3.05, 3.63) is 17.7 Å². The summed E-state index contributed by atoms with van der Waals surface area (Å²) >= 11 is 0. The van der Waals surface area contributed by atoms with Crippen LogP contribution in [0.15, 0.2) is 6.20 Å². The Morgan fingerprint density at radius 3 is 2.67 bits per heavy atom. The molecule has 2 aliphatic heterocycles. The predicted molar refractivity (Wildman–Crippen MR) is 106 cm³/mol. The smallest absolute Gasteiger partial charge is 0.225 e. The Kier molecular flexibility index (Phi) is 6.16. The fourth-order valence-electron chi connectivity index (χ4n) is 5.28. The fourth-order valence-corrected chi connectivity index (χ4v) is 5.28. The van der Waals surface area contributed by atoms with Gasteiger partial charge < -0.3 is 14.2 Å². The standard InChI is InChI=1S/C22H35N3O2/c1-17-14-23-21(19-9-12-27-13-10-19)25(17)16-18-6-5-11-24(15-18)22(26)20-7-3-2-4-8-20/h14,18-20H,2-13,15-16H2,1H3. The Morgan fingerprint density at radius 1 is 1.11 bits per heavy atom. The van der Waals surface area contributed by atoms with Crippen molar-refractivity contribution in [2.24, 2.45) is 11.8 Å². The van der Waals surface area contributed by atoms with Crippen LogP contribution in [0.5, 0.6) is 0 Å². The SMILES string of the molecule is Cc1cnc(C2CCOCC2)n1CC1CCCN(C(=O)C2CCCCC2)C1. The number of likely N-dealkylation sites (tertiary alicyclic amines) is 1. The molecule has 0 aromatic carbocycles. The van der Waals surface area contributed by atoms with E-state index in [4.69, 9.17) is 9.72 Å². The Balaban J connectivity index is 1.40. The van der Waals surface area contributed by atoms with Crippen LogP contribution in [-0.4, -0.2) is 46.7 Å². The van der Waals surface area contributed by atoms with E-state index >= 15 is 0 Å². The minimum atomic E-state index is 0.297. The number of aromatic nitrogens is 2. The second-order valence-corrected chi connectivity index (χ2v) is 8.88. The zero-order valence-corrected chi connectivity index (χ0v) is 16.9. The first-order valence-corrected chi connectivity index (χ1v) is 11.1. The van der Waals surface area contributed by atoms with Crippen molar-refractivity contribution in [2.45, 2.75) is 77.2 Å². The van der Waals surface area contributed by atoms with Crippen molar-refractivity contribution < 1.29 is 9.53 Å². The number of hydrogen-bond donors (Lipinski definition) is 0. The molecule has 3 heterocycles. The Bertz CT molecular complexity index is 630. The van der Waals surface area contributed by atoms with Crippen LogP contribution in [0, 0.1) is 18.8 Å². The highest BCUT2D eigenvalue weighted by Crippen LogP contribution is 2.30. The molecular formula is C22H35N3O2. The van der Waals surface area contributed by atoms with Crippen LogP contribution in [0.4, 0.5) is 0 Å². The van der Waals surface area contributed by atoms with Gasteiger partial charge in [-0.15, -0.1) is 0 Å². The third-order valence-corrected chi connectivity index (χ3v) is 6.90. The number of carbonyl (C=O) groups excluding carboxylic acids is 1. The van der Waals surface area contributed by atoms with Gasteiger partial charge in [-0.25, -0.2) is 4.98 Å². The number of aryl methyl sites for hydroxylation is 1. The third-order valence-electron chi connectivity index (χ3n) is 6.90. The third kappa shape index (κ3) is 4.39. The van der Waals surface area contributed by atoms with E-state index in [0.717, 1.165) is 65.0 Å². The van der Waals surface area contributed by atoms with E-state index < -0.39 is 0 Å². The van der Waals surface area contributed by atoms with Gasteiger partial charge in [0.2, 0.25) is 5.91 Å². The number of carbonyl (C=O) groups is 1. The summed E-state index contributed by atoms with van der Waals surface area (Å²) < 4.78 is 7.97. The second-order valence-electron chi connectivity index (χ2n) is 8.88. The Labute approximate surface area is 163 Å². The first kappa shape index (κ1) is 19.0. The van der Waals surface area contributed by atoms with Crippen molar-refractivity contribution >= 4 is 5.91 Å². The summed E-state index contributed by atoms with van der Waals surface area (Å²) in [6, 6.07) is 0. The summed E-state index contributed by atoms with van der Waals surface area (Å²) in [5.41, 5.74) is 1.26. The number of imidazole rings is 1. The van der Waals surface area contributed by atoms with Crippen molar-refractivity contribution in [1.29, 1.82) is 0 Å².